The lowest BCUT2D eigenvalue weighted by Gasteiger charge is -2.33. The van der Waals surface area contributed by atoms with Gasteiger partial charge in [0.15, 0.2) is 5.60 Å². The van der Waals surface area contributed by atoms with Crippen LogP contribution >= 0.6 is 0 Å². The van der Waals surface area contributed by atoms with Gasteiger partial charge in [-0.2, -0.15) is 13.2 Å². The van der Waals surface area contributed by atoms with Crippen molar-refractivity contribution in [3.63, 3.8) is 0 Å². The predicted molar refractivity (Wildman–Crippen MR) is 119 cm³/mol. The number of rotatable bonds is 6. The van der Waals surface area contributed by atoms with Crippen molar-refractivity contribution in [2.45, 2.75) is 57.9 Å². The van der Waals surface area contributed by atoms with E-state index in [9.17, 15) is 27.9 Å². The van der Waals surface area contributed by atoms with Gasteiger partial charge in [-0.15, -0.1) is 0 Å². The fourth-order valence-corrected chi connectivity index (χ4v) is 3.74. The van der Waals surface area contributed by atoms with Crippen LogP contribution in [0.1, 0.15) is 54.9 Å². The summed E-state index contributed by atoms with van der Waals surface area (Å²) in [4.78, 5) is 25.6. The van der Waals surface area contributed by atoms with Crippen LogP contribution < -0.4 is 4.74 Å². The van der Waals surface area contributed by atoms with Crippen LogP contribution in [0.25, 0.3) is 0 Å². The normalized spacial score (nSPS) is 16.8. The van der Waals surface area contributed by atoms with Crippen molar-refractivity contribution in [3.8, 4) is 5.75 Å². The first kappa shape index (κ1) is 25.4. The summed E-state index contributed by atoms with van der Waals surface area (Å²) in [5.74, 6) is -0.577. The monoisotopic (exact) mass is 479 g/mol. The molecule has 6 nitrogen and oxygen atoms in total. The second-order valence-corrected chi connectivity index (χ2v) is 8.98. The molecule has 34 heavy (non-hydrogen) atoms. The molecule has 1 saturated heterocycles. The van der Waals surface area contributed by atoms with Gasteiger partial charge in [0.05, 0.1) is 5.56 Å². The Bertz CT molecular complexity index is 1030. The molecule has 0 bridgehead atoms. The molecule has 1 atom stereocenters. The standard InChI is InChI=1S/C25H28F3NO5/c1-16-6-9-18(13-21(16)34-24(2,3)22(30)31)19-5-4-12-29(14-19)23(32)33-15-17-7-10-20(11-8-17)25(26,27)28/h6-11,13,19H,4-5,12,14-15H2,1-3H3,(H,30,31)/t19-/m1/s1. The fraction of sp³-hybridized carbons (Fsp3) is 0.440. The Kier molecular flexibility index (Phi) is 7.43. The topological polar surface area (TPSA) is 76.1 Å². The van der Waals surface area contributed by atoms with Crippen LogP contribution in [-0.4, -0.2) is 40.8 Å². The summed E-state index contributed by atoms with van der Waals surface area (Å²) in [7, 11) is 0. The molecule has 1 heterocycles. The molecule has 1 aliphatic heterocycles. The maximum absolute atomic E-state index is 12.7. The average molecular weight is 479 g/mol. The molecule has 0 aliphatic carbocycles. The number of nitrogens with zero attached hydrogens (tertiary/aromatic N) is 1. The van der Waals surface area contributed by atoms with Gasteiger partial charge in [-0.1, -0.05) is 24.3 Å². The average Bonchev–Trinajstić information content (AvgIpc) is 2.78. The minimum Gasteiger partial charge on any atom is -0.478 e. The highest BCUT2D eigenvalue weighted by Gasteiger charge is 2.32. The summed E-state index contributed by atoms with van der Waals surface area (Å²) in [6.45, 7) is 5.61. The van der Waals surface area contributed by atoms with Gasteiger partial charge in [0.25, 0.3) is 0 Å². The number of amides is 1. The largest absolute Gasteiger partial charge is 0.478 e. The van der Waals surface area contributed by atoms with E-state index in [0.717, 1.165) is 36.1 Å². The number of carbonyl (C=O) groups excluding carboxylic acids is 1. The van der Waals surface area contributed by atoms with Crippen molar-refractivity contribution in [1.29, 1.82) is 0 Å². The van der Waals surface area contributed by atoms with E-state index >= 15 is 0 Å². The Hall–Kier alpha value is -3.23. The number of piperidine rings is 1. The van der Waals surface area contributed by atoms with Crippen molar-refractivity contribution >= 4 is 12.1 Å². The van der Waals surface area contributed by atoms with Crippen molar-refractivity contribution in [2.75, 3.05) is 13.1 Å². The molecule has 9 heteroatoms. The SMILES string of the molecule is Cc1ccc([C@@H]2CCCN(C(=O)OCc3ccc(C(F)(F)F)cc3)C2)cc1OC(C)(C)C(=O)O. The molecule has 2 aromatic rings. The number of carboxylic acids is 1. The van der Waals surface area contributed by atoms with E-state index in [-0.39, 0.29) is 12.5 Å². The number of aryl methyl sites for hydroxylation is 1. The number of hydrogen-bond donors (Lipinski definition) is 1. The molecule has 0 aromatic heterocycles. The minimum atomic E-state index is -4.41. The second kappa shape index (κ2) is 9.95. The summed E-state index contributed by atoms with van der Waals surface area (Å²) in [6.07, 6.45) is -3.35. The van der Waals surface area contributed by atoms with Crippen molar-refractivity contribution in [2.24, 2.45) is 0 Å². The van der Waals surface area contributed by atoms with Crippen LogP contribution in [0.4, 0.5) is 18.0 Å². The molecule has 184 valence electrons. The third-order valence-corrected chi connectivity index (χ3v) is 5.89. The van der Waals surface area contributed by atoms with E-state index in [2.05, 4.69) is 0 Å². The zero-order valence-corrected chi connectivity index (χ0v) is 19.3. The third-order valence-electron chi connectivity index (χ3n) is 5.89. The smallest absolute Gasteiger partial charge is 0.416 e. The zero-order chi connectivity index (χ0) is 25.1. The number of halogens is 3. The molecule has 1 amide bonds. The van der Waals surface area contributed by atoms with Gasteiger partial charge in [-0.25, -0.2) is 9.59 Å². The van der Waals surface area contributed by atoms with Gasteiger partial charge in [0.1, 0.15) is 12.4 Å². The molecule has 0 unspecified atom stereocenters. The summed E-state index contributed by atoms with van der Waals surface area (Å²) in [5, 5.41) is 9.36. The number of aliphatic carboxylic acids is 1. The summed E-state index contributed by atoms with van der Waals surface area (Å²) in [5.41, 5.74) is 0.0685. The van der Waals surface area contributed by atoms with Crippen LogP contribution in [-0.2, 0) is 22.3 Å². The van der Waals surface area contributed by atoms with E-state index in [0.29, 0.717) is 24.4 Å². The molecule has 0 saturated carbocycles. The molecule has 1 fully saturated rings. The van der Waals surface area contributed by atoms with Gasteiger partial charge in [0, 0.05) is 19.0 Å². The maximum Gasteiger partial charge on any atom is 0.416 e. The first-order valence-corrected chi connectivity index (χ1v) is 11.0. The van der Waals surface area contributed by atoms with Gasteiger partial charge < -0.3 is 19.5 Å². The number of likely N-dealkylation sites (tertiary alicyclic amines) is 1. The number of carboxylic acid groups (broad SMARTS) is 1. The molecular weight excluding hydrogens is 451 g/mol. The highest BCUT2D eigenvalue weighted by Crippen LogP contribution is 2.33. The highest BCUT2D eigenvalue weighted by atomic mass is 19.4. The van der Waals surface area contributed by atoms with Crippen LogP contribution in [0.5, 0.6) is 5.75 Å². The van der Waals surface area contributed by atoms with Gasteiger partial charge in [-0.3, -0.25) is 0 Å². The Morgan fingerprint density at radius 3 is 2.41 bits per heavy atom. The Labute approximate surface area is 196 Å². The van der Waals surface area contributed by atoms with Crippen molar-refractivity contribution in [3.05, 3.63) is 64.7 Å². The van der Waals surface area contributed by atoms with E-state index in [1.54, 1.807) is 4.90 Å². The van der Waals surface area contributed by atoms with Gasteiger partial charge in [-0.05, 0) is 68.5 Å². The fourth-order valence-electron chi connectivity index (χ4n) is 3.74. The molecule has 0 radical (unpaired) electrons. The predicted octanol–water partition coefficient (Wildman–Crippen LogP) is 5.77. The number of ether oxygens (including phenoxy) is 2. The molecule has 3 rings (SSSR count). The quantitative estimate of drug-likeness (QED) is 0.569. The van der Waals surface area contributed by atoms with Gasteiger partial charge >= 0.3 is 18.2 Å². The Balaban J connectivity index is 1.63. The van der Waals surface area contributed by atoms with E-state index < -0.39 is 29.4 Å². The lowest BCUT2D eigenvalue weighted by Crippen LogP contribution is -2.39. The highest BCUT2D eigenvalue weighted by molar-refractivity contribution is 5.76. The number of alkyl halides is 3. The zero-order valence-electron chi connectivity index (χ0n) is 19.3. The van der Waals surface area contributed by atoms with Crippen LogP contribution in [0.2, 0.25) is 0 Å². The number of hydrogen-bond acceptors (Lipinski definition) is 4. The number of carbonyl (C=O) groups is 2. The summed E-state index contributed by atoms with van der Waals surface area (Å²) >= 11 is 0. The molecular formula is C25H28F3NO5. The van der Waals surface area contributed by atoms with Crippen LogP contribution in [0, 0.1) is 6.92 Å². The maximum atomic E-state index is 12.7. The van der Waals surface area contributed by atoms with Gasteiger partial charge in [0.2, 0.25) is 0 Å². The Morgan fingerprint density at radius 1 is 1.12 bits per heavy atom. The minimum absolute atomic E-state index is 0.0169. The number of benzene rings is 2. The van der Waals surface area contributed by atoms with E-state index in [4.69, 9.17) is 9.47 Å². The Morgan fingerprint density at radius 2 is 1.79 bits per heavy atom. The van der Waals surface area contributed by atoms with E-state index in [1.165, 1.54) is 26.0 Å². The lowest BCUT2D eigenvalue weighted by molar-refractivity contribution is -0.152. The third kappa shape index (κ3) is 6.21. The summed E-state index contributed by atoms with van der Waals surface area (Å²) in [6, 6.07) is 10.1. The molecule has 0 spiro atoms. The van der Waals surface area contributed by atoms with Crippen LogP contribution in [0.3, 0.4) is 0 Å². The first-order chi connectivity index (χ1) is 15.9. The van der Waals surface area contributed by atoms with E-state index in [1.807, 2.05) is 25.1 Å². The van der Waals surface area contributed by atoms with Crippen molar-refractivity contribution < 1.29 is 37.3 Å². The van der Waals surface area contributed by atoms with Crippen LogP contribution in [0.15, 0.2) is 42.5 Å². The summed E-state index contributed by atoms with van der Waals surface area (Å²) < 4.78 is 49.1. The lowest BCUT2D eigenvalue weighted by atomic mass is 9.90. The second-order valence-electron chi connectivity index (χ2n) is 8.98. The molecule has 2 aromatic carbocycles. The first-order valence-electron chi connectivity index (χ1n) is 11.0. The molecule has 1 aliphatic rings. The van der Waals surface area contributed by atoms with Crippen molar-refractivity contribution in [1.82, 2.24) is 4.90 Å². The molecule has 1 N–H and O–H groups in total.